The number of ether oxygens (including phenoxy) is 3. The van der Waals surface area contributed by atoms with Crippen LogP contribution in [0.3, 0.4) is 0 Å². The number of aryl methyl sites for hydroxylation is 1. The highest BCUT2D eigenvalue weighted by atomic mass is 32.1. The number of benzene rings is 2. The topological polar surface area (TPSA) is 87.0 Å². The number of rotatable bonds is 7. The largest absolute Gasteiger partial charge is 0.486 e. The van der Waals surface area contributed by atoms with Crippen molar-refractivity contribution in [1.82, 2.24) is 4.57 Å². The number of aromatic nitrogens is 1. The summed E-state index contributed by atoms with van der Waals surface area (Å²) in [5.41, 5.74) is 0.816. The molecule has 7 nitrogen and oxygen atoms in total. The summed E-state index contributed by atoms with van der Waals surface area (Å²) in [5.74, 6) is -0.0723. The first-order chi connectivity index (χ1) is 16.5. The lowest BCUT2D eigenvalue weighted by atomic mass is 10.2. The molecule has 1 N–H and O–H groups in total. The maximum atomic E-state index is 13.6. The molecule has 34 heavy (non-hydrogen) atoms. The number of thiophene rings is 1. The Bertz CT molecular complexity index is 1410. The number of aromatic carboxylic acids is 1. The number of hydrogen-bond donors (Lipinski definition) is 1. The van der Waals surface area contributed by atoms with E-state index in [0.29, 0.717) is 21.7 Å². The SMILES string of the molecule is CCc1cc2c(s1)c(C(=O)O)c(OCc1ccccc1)c(=O)n2CC1COc2ccccc2O1. The van der Waals surface area contributed by atoms with Gasteiger partial charge in [0, 0.05) is 4.88 Å². The average Bonchev–Trinajstić information content (AvgIpc) is 3.29. The van der Waals surface area contributed by atoms with Gasteiger partial charge in [0.2, 0.25) is 5.75 Å². The molecule has 1 aliphatic rings. The molecule has 0 radical (unpaired) electrons. The molecule has 0 bridgehead atoms. The molecule has 1 atom stereocenters. The standard InChI is InChI=1S/C26H23NO6S/c1-2-18-12-19-24(34-18)22(26(29)30)23(32-14-16-8-4-3-5-9-16)25(28)27(19)13-17-15-31-20-10-6-7-11-21(20)33-17/h3-12,17H,2,13-15H2,1H3,(H,29,30). The second-order valence-electron chi connectivity index (χ2n) is 7.98. The molecule has 1 aliphatic heterocycles. The highest BCUT2D eigenvalue weighted by Gasteiger charge is 2.28. The third kappa shape index (κ3) is 4.12. The van der Waals surface area contributed by atoms with E-state index in [2.05, 4.69) is 0 Å². The van der Waals surface area contributed by atoms with Gasteiger partial charge in [-0.05, 0) is 30.2 Å². The minimum atomic E-state index is -1.19. The molecule has 2 aromatic carbocycles. The zero-order chi connectivity index (χ0) is 23.7. The van der Waals surface area contributed by atoms with Gasteiger partial charge < -0.3 is 23.9 Å². The lowest BCUT2D eigenvalue weighted by molar-refractivity contribution is 0.0692. The van der Waals surface area contributed by atoms with Gasteiger partial charge in [0.25, 0.3) is 5.56 Å². The number of nitrogens with zero attached hydrogens (tertiary/aromatic N) is 1. The molecule has 2 aromatic heterocycles. The summed E-state index contributed by atoms with van der Waals surface area (Å²) in [6.45, 7) is 2.56. The molecule has 0 fully saturated rings. The van der Waals surface area contributed by atoms with Crippen LogP contribution in [0.25, 0.3) is 10.2 Å². The summed E-state index contributed by atoms with van der Waals surface area (Å²) in [6, 6.07) is 18.6. The maximum absolute atomic E-state index is 13.6. The monoisotopic (exact) mass is 477 g/mol. The summed E-state index contributed by atoms with van der Waals surface area (Å²) in [4.78, 5) is 26.9. The number of carboxylic acids is 1. The van der Waals surface area contributed by atoms with E-state index in [1.54, 1.807) is 4.57 Å². The van der Waals surface area contributed by atoms with E-state index in [1.807, 2.05) is 67.6 Å². The van der Waals surface area contributed by atoms with Gasteiger partial charge in [-0.15, -0.1) is 11.3 Å². The Kier molecular flexibility index (Phi) is 5.98. The number of fused-ring (bicyclic) bond motifs is 2. The van der Waals surface area contributed by atoms with E-state index in [9.17, 15) is 14.7 Å². The maximum Gasteiger partial charge on any atom is 0.341 e. The van der Waals surface area contributed by atoms with E-state index in [1.165, 1.54) is 11.3 Å². The second kappa shape index (κ2) is 9.23. The van der Waals surface area contributed by atoms with Gasteiger partial charge in [-0.25, -0.2) is 4.79 Å². The van der Waals surface area contributed by atoms with Crippen LogP contribution in [0.4, 0.5) is 0 Å². The number of carboxylic acid groups (broad SMARTS) is 1. The molecule has 3 heterocycles. The Morgan fingerprint density at radius 3 is 2.62 bits per heavy atom. The summed E-state index contributed by atoms with van der Waals surface area (Å²) >= 11 is 1.37. The smallest absolute Gasteiger partial charge is 0.341 e. The fourth-order valence-corrected chi connectivity index (χ4v) is 5.16. The lowest BCUT2D eigenvalue weighted by Gasteiger charge is -2.27. The molecule has 0 saturated carbocycles. The van der Waals surface area contributed by atoms with E-state index in [-0.39, 0.29) is 31.1 Å². The van der Waals surface area contributed by atoms with Crippen molar-refractivity contribution in [2.24, 2.45) is 0 Å². The van der Waals surface area contributed by atoms with Crippen LogP contribution in [0.5, 0.6) is 17.2 Å². The first-order valence-corrected chi connectivity index (χ1v) is 11.8. The fourth-order valence-electron chi connectivity index (χ4n) is 4.02. The Morgan fingerprint density at radius 1 is 1.15 bits per heavy atom. The summed E-state index contributed by atoms with van der Waals surface area (Å²) in [5, 5.41) is 10.0. The van der Waals surface area contributed by atoms with Crippen LogP contribution in [0, 0.1) is 0 Å². The van der Waals surface area contributed by atoms with Crippen LogP contribution >= 0.6 is 11.3 Å². The molecule has 174 valence electrons. The molecule has 0 aliphatic carbocycles. The third-order valence-corrected chi connectivity index (χ3v) is 6.98. The van der Waals surface area contributed by atoms with Gasteiger partial charge in [-0.1, -0.05) is 49.4 Å². The van der Waals surface area contributed by atoms with Crippen LogP contribution in [-0.4, -0.2) is 28.4 Å². The summed E-state index contributed by atoms with van der Waals surface area (Å²) in [6.07, 6.45) is 0.307. The van der Waals surface area contributed by atoms with Crippen molar-refractivity contribution in [2.45, 2.75) is 32.6 Å². The van der Waals surface area contributed by atoms with E-state index in [0.717, 1.165) is 16.9 Å². The molecule has 1 unspecified atom stereocenters. The Balaban J connectivity index is 1.58. The minimum Gasteiger partial charge on any atom is -0.486 e. The molecule has 4 aromatic rings. The predicted octanol–water partition coefficient (Wildman–Crippen LogP) is 4.74. The van der Waals surface area contributed by atoms with Gasteiger partial charge in [-0.2, -0.15) is 0 Å². The quantitative estimate of drug-likeness (QED) is 0.414. The molecular formula is C26H23NO6S. The van der Waals surface area contributed by atoms with Crippen LogP contribution < -0.4 is 19.8 Å². The first kappa shape index (κ1) is 22.0. The van der Waals surface area contributed by atoms with Crippen molar-refractivity contribution in [3.8, 4) is 17.2 Å². The number of para-hydroxylation sites is 2. The van der Waals surface area contributed by atoms with E-state index in [4.69, 9.17) is 14.2 Å². The number of pyridine rings is 1. The number of carbonyl (C=O) groups is 1. The van der Waals surface area contributed by atoms with Crippen LogP contribution in [0.2, 0.25) is 0 Å². The average molecular weight is 478 g/mol. The van der Waals surface area contributed by atoms with E-state index < -0.39 is 17.6 Å². The second-order valence-corrected chi connectivity index (χ2v) is 9.11. The normalized spacial score (nSPS) is 14.8. The van der Waals surface area contributed by atoms with Crippen molar-refractivity contribution in [3.63, 3.8) is 0 Å². The Morgan fingerprint density at radius 2 is 1.88 bits per heavy atom. The lowest BCUT2D eigenvalue weighted by Crippen LogP contribution is -2.37. The first-order valence-electron chi connectivity index (χ1n) is 11.0. The molecular weight excluding hydrogens is 454 g/mol. The molecule has 0 saturated heterocycles. The van der Waals surface area contributed by atoms with Crippen LogP contribution in [0.1, 0.15) is 27.7 Å². The van der Waals surface area contributed by atoms with Gasteiger partial charge in [0.05, 0.1) is 16.8 Å². The van der Waals surface area contributed by atoms with Gasteiger partial charge in [0.15, 0.2) is 17.6 Å². The number of hydrogen-bond acceptors (Lipinski definition) is 6. The molecule has 0 spiro atoms. The van der Waals surface area contributed by atoms with E-state index >= 15 is 0 Å². The van der Waals surface area contributed by atoms with Crippen LogP contribution in [0.15, 0.2) is 65.5 Å². The van der Waals surface area contributed by atoms with Crippen molar-refractivity contribution in [1.29, 1.82) is 0 Å². The zero-order valence-electron chi connectivity index (χ0n) is 18.5. The molecule has 8 heteroatoms. The van der Waals surface area contributed by atoms with Crippen molar-refractivity contribution >= 4 is 27.5 Å². The van der Waals surface area contributed by atoms with Crippen LogP contribution in [-0.2, 0) is 19.6 Å². The third-order valence-electron chi connectivity index (χ3n) is 5.69. The van der Waals surface area contributed by atoms with Gasteiger partial charge in [-0.3, -0.25) is 4.79 Å². The van der Waals surface area contributed by atoms with Crippen molar-refractivity contribution in [3.05, 3.63) is 87.0 Å². The van der Waals surface area contributed by atoms with Crippen molar-refractivity contribution < 1.29 is 24.1 Å². The Labute approximate surface area is 199 Å². The fraction of sp³-hybridized carbons (Fsp3) is 0.231. The molecule has 0 amide bonds. The minimum absolute atomic E-state index is 0.0876. The van der Waals surface area contributed by atoms with Gasteiger partial charge >= 0.3 is 5.97 Å². The summed E-state index contributed by atoms with van der Waals surface area (Å²) < 4.78 is 19.8. The predicted molar refractivity (Wildman–Crippen MR) is 130 cm³/mol. The highest BCUT2D eigenvalue weighted by Crippen LogP contribution is 2.35. The van der Waals surface area contributed by atoms with Gasteiger partial charge in [0.1, 0.15) is 18.8 Å². The Hall–Kier alpha value is -3.78. The van der Waals surface area contributed by atoms with Crippen molar-refractivity contribution in [2.75, 3.05) is 6.61 Å². The summed E-state index contributed by atoms with van der Waals surface area (Å²) in [7, 11) is 0. The molecule has 5 rings (SSSR count). The zero-order valence-corrected chi connectivity index (χ0v) is 19.3. The highest BCUT2D eigenvalue weighted by molar-refractivity contribution is 7.19.